The van der Waals surface area contributed by atoms with E-state index >= 15 is 0 Å². The number of aryl methyl sites for hydroxylation is 1. The van der Waals surface area contributed by atoms with Crippen LogP contribution in [-0.2, 0) is 19.6 Å². The third-order valence-electron chi connectivity index (χ3n) is 4.61. The van der Waals surface area contributed by atoms with Crippen LogP contribution in [0.4, 0.5) is 4.39 Å². The van der Waals surface area contributed by atoms with Gasteiger partial charge in [0.25, 0.3) is 0 Å². The van der Waals surface area contributed by atoms with Gasteiger partial charge in [-0.1, -0.05) is 48.0 Å². The average Bonchev–Trinajstić information content (AvgIpc) is 2.71. The fourth-order valence-electron chi connectivity index (χ4n) is 3.13. The first-order chi connectivity index (χ1) is 14.1. The topological polar surface area (TPSA) is 30.5 Å². The Balaban J connectivity index is 1.59. The zero-order valence-electron chi connectivity index (χ0n) is 16.7. The minimum absolute atomic E-state index is 0.158. The second kappa shape index (κ2) is 10.4. The van der Waals surface area contributed by atoms with Crippen molar-refractivity contribution in [3.63, 3.8) is 0 Å². The summed E-state index contributed by atoms with van der Waals surface area (Å²) < 4.78 is 26.1. The normalized spacial score (nSPS) is 10.8. The summed E-state index contributed by atoms with van der Waals surface area (Å²) in [5.74, 6) is 1.20. The molecule has 0 heterocycles. The van der Waals surface area contributed by atoms with Crippen LogP contribution in [0.2, 0.25) is 0 Å². The fraction of sp³-hybridized carbons (Fsp3) is 0.250. The zero-order valence-corrected chi connectivity index (χ0v) is 18.3. The molecule has 0 saturated carbocycles. The highest BCUT2D eigenvalue weighted by Gasteiger charge is 2.12. The SMILES string of the molecule is COc1cc(CNCCc2ccccc2F)cc(Br)c1OCc1cccc(C)c1. The van der Waals surface area contributed by atoms with E-state index in [-0.39, 0.29) is 5.82 Å². The van der Waals surface area contributed by atoms with Crippen LogP contribution in [0, 0.1) is 12.7 Å². The summed E-state index contributed by atoms with van der Waals surface area (Å²) in [5, 5.41) is 3.36. The molecular weight excluding hydrogens is 433 g/mol. The first-order valence-electron chi connectivity index (χ1n) is 9.55. The van der Waals surface area contributed by atoms with E-state index in [1.165, 1.54) is 11.6 Å². The molecule has 29 heavy (non-hydrogen) atoms. The highest BCUT2D eigenvalue weighted by Crippen LogP contribution is 2.37. The van der Waals surface area contributed by atoms with E-state index in [0.29, 0.717) is 37.6 Å². The number of benzene rings is 3. The number of ether oxygens (including phenoxy) is 2. The molecule has 0 aromatic heterocycles. The highest BCUT2D eigenvalue weighted by molar-refractivity contribution is 9.10. The van der Waals surface area contributed by atoms with Gasteiger partial charge in [0.15, 0.2) is 11.5 Å². The molecule has 1 N–H and O–H groups in total. The lowest BCUT2D eigenvalue weighted by molar-refractivity contribution is 0.282. The van der Waals surface area contributed by atoms with E-state index in [2.05, 4.69) is 40.3 Å². The molecule has 3 nitrogen and oxygen atoms in total. The average molecular weight is 458 g/mol. The summed E-state index contributed by atoms with van der Waals surface area (Å²) in [6.45, 7) is 3.87. The van der Waals surface area contributed by atoms with Crippen molar-refractivity contribution in [1.29, 1.82) is 0 Å². The number of halogens is 2. The molecule has 0 unspecified atom stereocenters. The Kier molecular flexibility index (Phi) is 7.67. The van der Waals surface area contributed by atoms with Gasteiger partial charge in [0.1, 0.15) is 12.4 Å². The standard InChI is InChI=1S/C24H25BrFNO2/c1-17-6-5-7-18(12-17)16-29-24-21(25)13-19(14-23(24)28-2)15-27-11-10-20-8-3-4-9-22(20)26/h3-9,12-14,27H,10-11,15-16H2,1-2H3. The summed E-state index contributed by atoms with van der Waals surface area (Å²) in [6, 6.07) is 19.1. The van der Waals surface area contributed by atoms with E-state index in [4.69, 9.17) is 9.47 Å². The number of hydrogen-bond acceptors (Lipinski definition) is 3. The van der Waals surface area contributed by atoms with Crippen molar-refractivity contribution in [3.05, 3.63) is 93.2 Å². The Morgan fingerprint density at radius 1 is 1.00 bits per heavy atom. The highest BCUT2D eigenvalue weighted by atomic mass is 79.9. The first-order valence-corrected chi connectivity index (χ1v) is 10.3. The minimum atomic E-state index is -0.158. The molecule has 3 aromatic carbocycles. The lowest BCUT2D eigenvalue weighted by Gasteiger charge is -2.15. The monoisotopic (exact) mass is 457 g/mol. The van der Waals surface area contributed by atoms with Crippen LogP contribution in [0.25, 0.3) is 0 Å². The molecule has 0 saturated heterocycles. The number of nitrogens with one attached hydrogen (secondary N) is 1. The van der Waals surface area contributed by atoms with Crippen LogP contribution >= 0.6 is 15.9 Å². The van der Waals surface area contributed by atoms with Crippen molar-refractivity contribution in [2.45, 2.75) is 26.5 Å². The second-order valence-electron chi connectivity index (χ2n) is 6.90. The van der Waals surface area contributed by atoms with Gasteiger partial charge in [-0.2, -0.15) is 0 Å². The van der Waals surface area contributed by atoms with Crippen LogP contribution in [-0.4, -0.2) is 13.7 Å². The zero-order chi connectivity index (χ0) is 20.6. The lowest BCUT2D eigenvalue weighted by Crippen LogP contribution is -2.17. The number of hydrogen-bond donors (Lipinski definition) is 1. The Bertz CT molecular complexity index is 961. The van der Waals surface area contributed by atoms with Gasteiger partial charge in [0.05, 0.1) is 11.6 Å². The van der Waals surface area contributed by atoms with Crippen molar-refractivity contribution < 1.29 is 13.9 Å². The maximum atomic E-state index is 13.7. The Morgan fingerprint density at radius 2 is 1.83 bits per heavy atom. The molecule has 0 bridgehead atoms. The molecule has 0 aliphatic heterocycles. The fourth-order valence-corrected chi connectivity index (χ4v) is 3.73. The molecule has 0 atom stereocenters. The lowest BCUT2D eigenvalue weighted by atomic mass is 10.1. The Hall–Kier alpha value is -2.37. The third-order valence-corrected chi connectivity index (χ3v) is 5.20. The van der Waals surface area contributed by atoms with Gasteiger partial charge >= 0.3 is 0 Å². The predicted molar refractivity (Wildman–Crippen MR) is 118 cm³/mol. The predicted octanol–water partition coefficient (Wildman–Crippen LogP) is 5.82. The van der Waals surface area contributed by atoms with Crippen LogP contribution in [0.15, 0.2) is 65.1 Å². The van der Waals surface area contributed by atoms with E-state index < -0.39 is 0 Å². The van der Waals surface area contributed by atoms with Crippen molar-refractivity contribution >= 4 is 15.9 Å². The van der Waals surface area contributed by atoms with Crippen LogP contribution in [0.5, 0.6) is 11.5 Å². The molecule has 0 spiro atoms. The van der Waals surface area contributed by atoms with Crippen molar-refractivity contribution in [1.82, 2.24) is 5.32 Å². The molecule has 5 heteroatoms. The summed E-state index contributed by atoms with van der Waals surface area (Å²) in [7, 11) is 1.64. The van der Waals surface area contributed by atoms with Gasteiger partial charge in [0, 0.05) is 6.54 Å². The largest absolute Gasteiger partial charge is 0.493 e. The first kappa shape index (κ1) is 21.3. The molecule has 152 valence electrons. The third kappa shape index (κ3) is 6.05. The van der Waals surface area contributed by atoms with Crippen molar-refractivity contribution in [2.75, 3.05) is 13.7 Å². The Morgan fingerprint density at radius 3 is 2.59 bits per heavy atom. The summed E-state index contributed by atoms with van der Waals surface area (Å²) in [6.07, 6.45) is 0.642. The van der Waals surface area contributed by atoms with Gasteiger partial charge in [-0.25, -0.2) is 4.39 Å². The Labute approximate surface area is 180 Å². The van der Waals surface area contributed by atoms with E-state index in [1.54, 1.807) is 13.2 Å². The smallest absolute Gasteiger partial charge is 0.175 e. The van der Waals surface area contributed by atoms with Gasteiger partial charge in [-0.15, -0.1) is 0 Å². The van der Waals surface area contributed by atoms with E-state index in [0.717, 1.165) is 21.2 Å². The molecule has 0 radical (unpaired) electrons. The number of rotatable bonds is 9. The van der Waals surface area contributed by atoms with Crippen LogP contribution in [0.1, 0.15) is 22.3 Å². The van der Waals surface area contributed by atoms with Crippen molar-refractivity contribution in [3.8, 4) is 11.5 Å². The van der Waals surface area contributed by atoms with Crippen molar-refractivity contribution in [2.24, 2.45) is 0 Å². The van der Waals surface area contributed by atoms with Gasteiger partial charge in [-0.05, 0) is 70.7 Å². The minimum Gasteiger partial charge on any atom is -0.493 e. The maximum Gasteiger partial charge on any atom is 0.175 e. The maximum absolute atomic E-state index is 13.7. The summed E-state index contributed by atoms with van der Waals surface area (Å²) in [4.78, 5) is 0. The van der Waals surface area contributed by atoms with Gasteiger partial charge < -0.3 is 14.8 Å². The quantitative estimate of drug-likeness (QED) is 0.410. The molecule has 3 aromatic rings. The molecule has 0 aliphatic carbocycles. The van der Waals surface area contributed by atoms with Gasteiger partial charge in [-0.3, -0.25) is 0 Å². The molecule has 0 aliphatic rings. The summed E-state index contributed by atoms with van der Waals surface area (Å²) >= 11 is 3.60. The van der Waals surface area contributed by atoms with Gasteiger partial charge in [0.2, 0.25) is 0 Å². The summed E-state index contributed by atoms with van der Waals surface area (Å²) in [5.41, 5.74) is 4.09. The second-order valence-corrected chi connectivity index (χ2v) is 7.76. The molecule has 0 amide bonds. The van der Waals surface area contributed by atoms with E-state index in [1.807, 2.05) is 36.4 Å². The molecular formula is C24H25BrFNO2. The van der Waals surface area contributed by atoms with Crippen LogP contribution in [0.3, 0.4) is 0 Å². The van der Waals surface area contributed by atoms with Crippen LogP contribution < -0.4 is 14.8 Å². The van der Waals surface area contributed by atoms with E-state index in [9.17, 15) is 4.39 Å². The number of methoxy groups -OCH3 is 1. The molecule has 0 fully saturated rings. The molecule has 3 rings (SSSR count).